The van der Waals surface area contributed by atoms with E-state index < -0.39 is 0 Å². The molecule has 1 aliphatic carbocycles. The molecular formula is C14H18N2O2. The van der Waals surface area contributed by atoms with Gasteiger partial charge in [-0.15, -0.1) is 0 Å². The van der Waals surface area contributed by atoms with Gasteiger partial charge < -0.3 is 9.32 Å². The van der Waals surface area contributed by atoms with E-state index in [1.54, 1.807) is 17.0 Å². The number of furan rings is 1. The van der Waals surface area contributed by atoms with Crippen molar-refractivity contribution in [2.75, 3.05) is 7.05 Å². The Morgan fingerprint density at radius 1 is 1.50 bits per heavy atom. The minimum absolute atomic E-state index is 0.0521. The predicted octanol–water partition coefficient (Wildman–Crippen LogP) is 2.82. The highest BCUT2D eigenvalue weighted by atomic mass is 16.3. The van der Waals surface area contributed by atoms with E-state index in [0.717, 1.165) is 25.7 Å². The van der Waals surface area contributed by atoms with Crippen LogP contribution in [0.4, 0.5) is 0 Å². The van der Waals surface area contributed by atoms with Crippen molar-refractivity contribution in [1.82, 2.24) is 4.90 Å². The fourth-order valence-electron chi connectivity index (χ4n) is 2.61. The van der Waals surface area contributed by atoms with Crippen LogP contribution in [0.3, 0.4) is 0 Å². The summed E-state index contributed by atoms with van der Waals surface area (Å²) in [4.78, 5) is 13.9. The topological polar surface area (TPSA) is 57.2 Å². The quantitative estimate of drug-likeness (QED) is 0.824. The first-order valence-corrected chi connectivity index (χ1v) is 6.40. The van der Waals surface area contributed by atoms with E-state index in [1.807, 2.05) is 7.05 Å². The van der Waals surface area contributed by atoms with E-state index >= 15 is 0 Å². The Balaban J connectivity index is 1.90. The highest BCUT2D eigenvalue weighted by Gasteiger charge is 2.27. The number of carbonyl (C=O) groups excluding carboxylic acids is 1. The molecule has 0 spiro atoms. The van der Waals surface area contributed by atoms with Gasteiger partial charge in [0, 0.05) is 19.5 Å². The average Bonchev–Trinajstić information content (AvgIpc) is 2.92. The predicted molar refractivity (Wildman–Crippen MR) is 66.8 cm³/mol. The summed E-state index contributed by atoms with van der Waals surface area (Å²) in [6, 6.07) is 5.93. The van der Waals surface area contributed by atoms with Crippen molar-refractivity contribution in [2.45, 2.75) is 38.1 Å². The van der Waals surface area contributed by atoms with E-state index in [1.165, 1.54) is 6.26 Å². The molecule has 0 aromatic carbocycles. The zero-order valence-electron chi connectivity index (χ0n) is 10.6. The van der Waals surface area contributed by atoms with Gasteiger partial charge in [-0.3, -0.25) is 4.79 Å². The van der Waals surface area contributed by atoms with Gasteiger partial charge in [0.1, 0.15) is 0 Å². The van der Waals surface area contributed by atoms with E-state index in [-0.39, 0.29) is 11.9 Å². The lowest BCUT2D eigenvalue weighted by molar-refractivity contribution is 0.0644. The van der Waals surface area contributed by atoms with Gasteiger partial charge in [0.05, 0.1) is 12.3 Å². The maximum atomic E-state index is 12.1. The number of rotatable bonds is 3. The number of amides is 1. The maximum absolute atomic E-state index is 12.1. The van der Waals surface area contributed by atoms with Crippen molar-refractivity contribution in [2.24, 2.45) is 5.92 Å². The van der Waals surface area contributed by atoms with Crippen molar-refractivity contribution < 1.29 is 9.21 Å². The third-order valence-electron chi connectivity index (χ3n) is 3.80. The second-order valence-corrected chi connectivity index (χ2v) is 4.93. The smallest absolute Gasteiger partial charge is 0.289 e. The number of carbonyl (C=O) groups is 1. The van der Waals surface area contributed by atoms with Gasteiger partial charge in [-0.25, -0.2) is 0 Å². The summed E-state index contributed by atoms with van der Waals surface area (Å²) < 4.78 is 5.13. The van der Waals surface area contributed by atoms with Gasteiger partial charge >= 0.3 is 0 Å². The molecule has 18 heavy (non-hydrogen) atoms. The lowest BCUT2D eigenvalue weighted by atomic mass is 9.84. The van der Waals surface area contributed by atoms with E-state index in [9.17, 15) is 4.79 Å². The molecule has 1 aliphatic rings. The summed E-state index contributed by atoms with van der Waals surface area (Å²) in [5, 5.41) is 8.68. The third kappa shape index (κ3) is 2.73. The van der Waals surface area contributed by atoms with Gasteiger partial charge in [0.15, 0.2) is 5.76 Å². The zero-order valence-corrected chi connectivity index (χ0v) is 10.6. The Hall–Kier alpha value is -1.76. The minimum Gasteiger partial charge on any atom is -0.459 e. The molecule has 1 saturated carbocycles. The summed E-state index contributed by atoms with van der Waals surface area (Å²) in [6.45, 7) is 0. The molecule has 1 aromatic heterocycles. The van der Waals surface area contributed by atoms with Crippen LogP contribution >= 0.6 is 0 Å². The Kier molecular flexibility index (Phi) is 4.03. The summed E-state index contributed by atoms with van der Waals surface area (Å²) in [5.74, 6) is 0.860. The van der Waals surface area contributed by atoms with Crippen LogP contribution in [-0.4, -0.2) is 23.9 Å². The molecule has 1 heterocycles. The van der Waals surface area contributed by atoms with Crippen LogP contribution in [0.2, 0.25) is 0 Å². The summed E-state index contributed by atoms with van der Waals surface area (Å²) >= 11 is 0. The molecule has 0 radical (unpaired) electrons. The molecule has 0 N–H and O–H groups in total. The van der Waals surface area contributed by atoms with Gasteiger partial charge in [-0.05, 0) is 43.7 Å². The monoisotopic (exact) mass is 246 g/mol. The molecule has 0 bridgehead atoms. The summed E-state index contributed by atoms with van der Waals surface area (Å²) in [5.41, 5.74) is 0. The first-order chi connectivity index (χ1) is 8.72. The van der Waals surface area contributed by atoms with Crippen LogP contribution in [0.15, 0.2) is 22.8 Å². The van der Waals surface area contributed by atoms with Gasteiger partial charge in [-0.1, -0.05) is 0 Å². The number of hydrogen-bond acceptors (Lipinski definition) is 3. The van der Waals surface area contributed by atoms with Crippen molar-refractivity contribution in [1.29, 1.82) is 5.26 Å². The normalized spacial score (nSPS) is 23.3. The standard InChI is InChI=1S/C14H18N2O2/c1-16(14(17)13-3-2-10-18-13)12-6-4-11(5-7-12)8-9-15/h2-3,10-12H,4-8H2,1H3. The van der Waals surface area contributed by atoms with Crippen molar-refractivity contribution in [3.8, 4) is 6.07 Å². The maximum Gasteiger partial charge on any atom is 0.289 e. The fourth-order valence-corrected chi connectivity index (χ4v) is 2.61. The molecule has 1 amide bonds. The van der Waals surface area contributed by atoms with E-state index in [2.05, 4.69) is 6.07 Å². The lowest BCUT2D eigenvalue weighted by Crippen LogP contribution is -2.39. The molecule has 0 saturated heterocycles. The second-order valence-electron chi connectivity index (χ2n) is 4.93. The van der Waals surface area contributed by atoms with Crippen LogP contribution < -0.4 is 0 Å². The van der Waals surface area contributed by atoms with Gasteiger partial charge in [0.2, 0.25) is 0 Å². The van der Waals surface area contributed by atoms with Gasteiger partial charge in [-0.2, -0.15) is 5.26 Å². The molecule has 0 atom stereocenters. The largest absolute Gasteiger partial charge is 0.459 e. The molecule has 0 unspecified atom stereocenters. The Labute approximate surface area is 107 Å². The molecule has 96 valence electrons. The first kappa shape index (κ1) is 12.7. The lowest BCUT2D eigenvalue weighted by Gasteiger charge is -2.33. The number of hydrogen-bond donors (Lipinski definition) is 0. The molecular weight excluding hydrogens is 228 g/mol. The van der Waals surface area contributed by atoms with Crippen LogP contribution in [-0.2, 0) is 0 Å². The van der Waals surface area contributed by atoms with Crippen LogP contribution in [0.1, 0.15) is 42.7 Å². The zero-order chi connectivity index (χ0) is 13.0. The third-order valence-corrected chi connectivity index (χ3v) is 3.80. The molecule has 4 heteroatoms. The Morgan fingerprint density at radius 3 is 2.78 bits per heavy atom. The summed E-state index contributed by atoms with van der Waals surface area (Å²) in [6.07, 6.45) is 6.19. The number of nitrogens with zero attached hydrogens (tertiary/aromatic N) is 2. The van der Waals surface area contributed by atoms with Crippen LogP contribution in [0.25, 0.3) is 0 Å². The first-order valence-electron chi connectivity index (χ1n) is 6.40. The highest BCUT2D eigenvalue weighted by Crippen LogP contribution is 2.29. The number of nitriles is 1. The van der Waals surface area contributed by atoms with Crippen molar-refractivity contribution in [3.05, 3.63) is 24.2 Å². The molecule has 4 nitrogen and oxygen atoms in total. The van der Waals surface area contributed by atoms with Crippen LogP contribution in [0, 0.1) is 17.2 Å². The highest BCUT2D eigenvalue weighted by molar-refractivity contribution is 5.91. The summed E-state index contributed by atoms with van der Waals surface area (Å²) in [7, 11) is 1.83. The van der Waals surface area contributed by atoms with E-state index in [0.29, 0.717) is 18.1 Å². The Morgan fingerprint density at radius 2 is 2.22 bits per heavy atom. The van der Waals surface area contributed by atoms with Crippen molar-refractivity contribution in [3.63, 3.8) is 0 Å². The molecule has 1 aromatic rings. The Bertz CT molecular complexity index is 425. The molecule has 2 rings (SSSR count). The van der Waals surface area contributed by atoms with Gasteiger partial charge in [0.25, 0.3) is 5.91 Å². The van der Waals surface area contributed by atoms with Crippen molar-refractivity contribution >= 4 is 5.91 Å². The second kappa shape index (κ2) is 5.72. The van der Waals surface area contributed by atoms with Crippen LogP contribution in [0.5, 0.6) is 0 Å². The molecule has 0 aliphatic heterocycles. The fraction of sp³-hybridized carbons (Fsp3) is 0.571. The minimum atomic E-state index is -0.0521. The van der Waals surface area contributed by atoms with E-state index in [4.69, 9.17) is 9.68 Å². The molecule has 1 fully saturated rings. The SMILES string of the molecule is CN(C(=O)c1ccco1)C1CCC(CC#N)CC1. The average molecular weight is 246 g/mol.